The maximum absolute atomic E-state index is 12.2. The Morgan fingerprint density at radius 1 is 1.39 bits per heavy atom. The van der Waals surface area contributed by atoms with Crippen molar-refractivity contribution in [3.63, 3.8) is 0 Å². The van der Waals surface area contributed by atoms with Crippen molar-refractivity contribution in [3.8, 4) is 0 Å². The lowest BCUT2D eigenvalue weighted by molar-refractivity contribution is -0.120. The summed E-state index contributed by atoms with van der Waals surface area (Å²) in [4.78, 5) is 12.2. The molecule has 2 N–H and O–H groups in total. The van der Waals surface area contributed by atoms with Gasteiger partial charge in [-0.15, -0.1) is 0 Å². The van der Waals surface area contributed by atoms with Crippen LogP contribution in [0.5, 0.6) is 0 Å². The molecule has 0 unspecified atom stereocenters. The fraction of sp³-hybridized carbons (Fsp3) is 0.500. The second kappa shape index (κ2) is 5.85. The molecule has 0 aliphatic carbocycles. The van der Waals surface area contributed by atoms with E-state index in [2.05, 4.69) is 26.6 Å². The Balaban J connectivity index is 2.11. The van der Waals surface area contributed by atoms with E-state index in [1.54, 1.807) is 0 Å². The molecule has 1 aliphatic heterocycles. The molecule has 1 aromatic rings. The molecule has 3 nitrogen and oxygen atoms in total. The first-order valence-electron chi connectivity index (χ1n) is 6.36. The van der Waals surface area contributed by atoms with Gasteiger partial charge in [0, 0.05) is 16.7 Å². The average molecular weight is 311 g/mol. The van der Waals surface area contributed by atoms with Gasteiger partial charge in [-0.05, 0) is 56.5 Å². The minimum absolute atomic E-state index is 0.0983. The molecule has 0 saturated carbocycles. The highest BCUT2D eigenvalue weighted by molar-refractivity contribution is 9.10. The average Bonchev–Trinajstić information content (AvgIpc) is 2.34. The van der Waals surface area contributed by atoms with Crippen LogP contribution in [0.2, 0.25) is 0 Å². The zero-order valence-electron chi connectivity index (χ0n) is 10.8. The molecule has 1 fully saturated rings. The molecule has 1 heterocycles. The van der Waals surface area contributed by atoms with E-state index in [9.17, 15) is 4.79 Å². The summed E-state index contributed by atoms with van der Waals surface area (Å²) in [6.45, 7) is 5.86. The van der Waals surface area contributed by atoms with Crippen LogP contribution in [0.3, 0.4) is 0 Å². The van der Waals surface area contributed by atoms with Crippen LogP contribution in [-0.4, -0.2) is 19.0 Å². The van der Waals surface area contributed by atoms with Crippen molar-refractivity contribution in [1.82, 2.24) is 5.32 Å². The van der Waals surface area contributed by atoms with Crippen molar-refractivity contribution in [3.05, 3.63) is 27.7 Å². The smallest absolute Gasteiger partial charge is 0.228 e. The maximum atomic E-state index is 12.2. The number of amides is 1. The van der Waals surface area contributed by atoms with Crippen LogP contribution in [0.1, 0.15) is 24.0 Å². The quantitative estimate of drug-likeness (QED) is 0.881. The summed E-state index contributed by atoms with van der Waals surface area (Å²) in [6.07, 6.45) is 2.06. The van der Waals surface area contributed by atoms with Gasteiger partial charge in [0.15, 0.2) is 0 Å². The van der Waals surface area contributed by atoms with Crippen molar-refractivity contribution in [2.45, 2.75) is 26.7 Å². The normalized spacial score (nSPS) is 19.6. The zero-order chi connectivity index (χ0) is 13.1. The van der Waals surface area contributed by atoms with E-state index in [0.717, 1.165) is 47.2 Å². The first kappa shape index (κ1) is 13.6. The van der Waals surface area contributed by atoms with Gasteiger partial charge in [-0.2, -0.15) is 0 Å². The van der Waals surface area contributed by atoms with Crippen LogP contribution in [0.4, 0.5) is 5.69 Å². The largest absolute Gasteiger partial charge is 0.325 e. The van der Waals surface area contributed by atoms with E-state index in [1.807, 2.05) is 26.0 Å². The Morgan fingerprint density at radius 2 is 2.06 bits per heavy atom. The highest BCUT2D eigenvalue weighted by atomic mass is 79.9. The predicted molar refractivity (Wildman–Crippen MR) is 77.8 cm³/mol. The third-order valence-electron chi connectivity index (χ3n) is 3.41. The van der Waals surface area contributed by atoms with E-state index in [4.69, 9.17) is 0 Å². The lowest BCUT2D eigenvalue weighted by Crippen LogP contribution is -2.37. The number of carbonyl (C=O) groups is 1. The lowest BCUT2D eigenvalue weighted by Gasteiger charge is -2.23. The number of nitrogens with one attached hydrogen (secondary N) is 2. The van der Waals surface area contributed by atoms with Gasteiger partial charge >= 0.3 is 0 Å². The van der Waals surface area contributed by atoms with Gasteiger partial charge in [0.05, 0.1) is 5.92 Å². The van der Waals surface area contributed by atoms with Gasteiger partial charge in [0.2, 0.25) is 5.91 Å². The molecule has 1 aromatic carbocycles. The van der Waals surface area contributed by atoms with Crippen LogP contribution >= 0.6 is 15.9 Å². The molecule has 1 aliphatic rings. The first-order chi connectivity index (χ1) is 8.58. The van der Waals surface area contributed by atoms with E-state index in [0.29, 0.717) is 0 Å². The molecule has 2 rings (SSSR count). The topological polar surface area (TPSA) is 41.1 Å². The number of rotatable bonds is 2. The van der Waals surface area contributed by atoms with Gasteiger partial charge < -0.3 is 10.6 Å². The molecule has 1 atom stereocenters. The van der Waals surface area contributed by atoms with Gasteiger partial charge in [0.25, 0.3) is 0 Å². The molecule has 98 valence electrons. The number of hydrogen-bond acceptors (Lipinski definition) is 2. The standard InChI is InChI=1S/C14H19BrN2O/c1-9-6-12(15)7-10(2)13(9)17-14(18)11-4-3-5-16-8-11/h6-7,11,16H,3-5,8H2,1-2H3,(H,17,18)/t11-/m0/s1. The molecule has 18 heavy (non-hydrogen) atoms. The Labute approximate surface area is 116 Å². The number of benzene rings is 1. The fourth-order valence-electron chi connectivity index (χ4n) is 2.41. The Kier molecular flexibility index (Phi) is 4.40. The summed E-state index contributed by atoms with van der Waals surface area (Å²) in [5.74, 6) is 0.233. The van der Waals surface area contributed by atoms with Crippen LogP contribution in [0.15, 0.2) is 16.6 Å². The van der Waals surface area contributed by atoms with Gasteiger partial charge in [-0.3, -0.25) is 4.79 Å². The molecule has 1 saturated heterocycles. The number of carbonyl (C=O) groups excluding carboxylic acids is 1. The summed E-state index contributed by atoms with van der Waals surface area (Å²) >= 11 is 3.47. The van der Waals surface area contributed by atoms with Crippen LogP contribution in [0.25, 0.3) is 0 Å². The minimum Gasteiger partial charge on any atom is -0.325 e. The molecule has 0 bridgehead atoms. The summed E-state index contributed by atoms with van der Waals surface area (Å²) in [6, 6.07) is 4.06. The van der Waals surface area contributed by atoms with E-state index >= 15 is 0 Å². The molecular weight excluding hydrogens is 292 g/mol. The minimum atomic E-state index is 0.0983. The highest BCUT2D eigenvalue weighted by Crippen LogP contribution is 2.26. The number of anilines is 1. The monoisotopic (exact) mass is 310 g/mol. The van der Waals surface area contributed by atoms with Crippen LogP contribution in [0, 0.1) is 19.8 Å². The Hall–Kier alpha value is -0.870. The fourth-order valence-corrected chi connectivity index (χ4v) is 3.10. The summed E-state index contributed by atoms with van der Waals surface area (Å²) in [5.41, 5.74) is 3.15. The predicted octanol–water partition coefficient (Wildman–Crippen LogP) is 3.00. The molecule has 0 aromatic heterocycles. The summed E-state index contributed by atoms with van der Waals surface area (Å²) in [7, 11) is 0. The molecule has 4 heteroatoms. The molecular formula is C14H19BrN2O. The highest BCUT2D eigenvalue weighted by Gasteiger charge is 2.21. The SMILES string of the molecule is Cc1cc(Br)cc(C)c1NC(=O)[C@H]1CCCNC1. The van der Waals surface area contributed by atoms with Crippen LogP contribution < -0.4 is 10.6 Å². The summed E-state index contributed by atoms with van der Waals surface area (Å²) in [5, 5.41) is 6.35. The van der Waals surface area contributed by atoms with Crippen molar-refractivity contribution >= 4 is 27.5 Å². The lowest BCUT2D eigenvalue weighted by atomic mass is 9.98. The van der Waals surface area contributed by atoms with Gasteiger partial charge in [0.1, 0.15) is 0 Å². The van der Waals surface area contributed by atoms with Crippen molar-refractivity contribution in [2.75, 3.05) is 18.4 Å². The second-order valence-electron chi connectivity index (χ2n) is 4.95. The first-order valence-corrected chi connectivity index (χ1v) is 7.15. The Morgan fingerprint density at radius 3 is 2.61 bits per heavy atom. The second-order valence-corrected chi connectivity index (χ2v) is 5.86. The number of halogens is 1. The van der Waals surface area contributed by atoms with Crippen molar-refractivity contribution in [2.24, 2.45) is 5.92 Å². The van der Waals surface area contributed by atoms with E-state index in [1.165, 1.54) is 0 Å². The van der Waals surface area contributed by atoms with E-state index < -0.39 is 0 Å². The molecule has 0 radical (unpaired) electrons. The van der Waals surface area contributed by atoms with Gasteiger partial charge in [-0.25, -0.2) is 0 Å². The number of piperidine rings is 1. The zero-order valence-corrected chi connectivity index (χ0v) is 12.4. The molecule has 0 spiro atoms. The van der Waals surface area contributed by atoms with Crippen molar-refractivity contribution < 1.29 is 4.79 Å². The summed E-state index contributed by atoms with van der Waals surface area (Å²) < 4.78 is 1.05. The van der Waals surface area contributed by atoms with E-state index in [-0.39, 0.29) is 11.8 Å². The maximum Gasteiger partial charge on any atom is 0.228 e. The van der Waals surface area contributed by atoms with Gasteiger partial charge in [-0.1, -0.05) is 15.9 Å². The third-order valence-corrected chi connectivity index (χ3v) is 3.87. The Bertz CT molecular complexity index is 430. The third kappa shape index (κ3) is 3.12. The molecule has 1 amide bonds. The number of hydrogen-bond donors (Lipinski definition) is 2. The van der Waals surface area contributed by atoms with Crippen molar-refractivity contribution in [1.29, 1.82) is 0 Å². The van der Waals surface area contributed by atoms with Crippen LogP contribution in [-0.2, 0) is 4.79 Å². The number of aryl methyl sites for hydroxylation is 2.